The van der Waals surface area contributed by atoms with Gasteiger partial charge in [-0.25, -0.2) is 4.79 Å². The topological polar surface area (TPSA) is 59.0 Å². The molecule has 0 radical (unpaired) electrons. The molecular formula is C12H20N2O3. The van der Waals surface area contributed by atoms with E-state index in [0.717, 1.165) is 12.8 Å². The van der Waals surface area contributed by atoms with Crippen LogP contribution in [0, 0.1) is 16.7 Å². The summed E-state index contributed by atoms with van der Waals surface area (Å²) < 4.78 is 5.34. The van der Waals surface area contributed by atoms with Crippen molar-refractivity contribution in [1.29, 1.82) is 0 Å². The first kappa shape index (κ1) is 12.3. The molecule has 2 aliphatic rings. The van der Waals surface area contributed by atoms with E-state index in [0.29, 0.717) is 24.9 Å². The van der Waals surface area contributed by atoms with Crippen LogP contribution in [0.3, 0.4) is 0 Å². The fourth-order valence-corrected chi connectivity index (χ4v) is 2.83. The zero-order chi connectivity index (χ0) is 12.6. The third kappa shape index (κ3) is 2.76. The second-order valence-electron chi connectivity index (χ2n) is 6.14. The highest BCUT2D eigenvalue weighted by Crippen LogP contribution is 2.39. The molecular weight excluding hydrogens is 220 g/mol. The van der Waals surface area contributed by atoms with Crippen LogP contribution in [0.4, 0.5) is 4.79 Å². The standard InChI is InChI=1S/C12H20N2O3/c1-12(2,3)17-11(15)14-6-8-4-10(13-16)5-9(8)7-14/h8-10H,4-7H2,1-3H3/t8-,9+,10?. The minimum atomic E-state index is -0.443. The van der Waals surface area contributed by atoms with E-state index in [-0.39, 0.29) is 12.1 Å². The maximum absolute atomic E-state index is 11.9. The van der Waals surface area contributed by atoms with Gasteiger partial charge in [0, 0.05) is 13.1 Å². The van der Waals surface area contributed by atoms with Crippen molar-refractivity contribution in [3.8, 4) is 0 Å². The van der Waals surface area contributed by atoms with Crippen molar-refractivity contribution in [2.45, 2.75) is 45.3 Å². The van der Waals surface area contributed by atoms with Gasteiger partial charge in [0.15, 0.2) is 0 Å². The number of rotatable bonds is 1. The van der Waals surface area contributed by atoms with Crippen LogP contribution in [0.2, 0.25) is 0 Å². The summed E-state index contributed by atoms with van der Waals surface area (Å²) in [6.45, 7) is 7.04. The van der Waals surface area contributed by atoms with Gasteiger partial charge in [0.05, 0.1) is 6.04 Å². The Hall–Kier alpha value is -1.13. The zero-order valence-corrected chi connectivity index (χ0v) is 10.7. The van der Waals surface area contributed by atoms with Crippen molar-refractivity contribution in [1.82, 2.24) is 4.90 Å². The predicted octanol–water partition coefficient (Wildman–Crippen LogP) is 2.40. The Kier molecular flexibility index (Phi) is 3.10. The molecule has 2 rings (SSSR count). The summed E-state index contributed by atoms with van der Waals surface area (Å²) >= 11 is 0. The van der Waals surface area contributed by atoms with Gasteiger partial charge in [0.2, 0.25) is 0 Å². The molecule has 0 bridgehead atoms. The minimum absolute atomic E-state index is 0.0363. The number of nitroso groups, excluding NO2 is 1. The second kappa shape index (κ2) is 4.27. The molecule has 0 aromatic carbocycles. The Bertz CT molecular complexity index is 310. The van der Waals surface area contributed by atoms with Crippen LogP contribution in [0.25, 0.3) is 0 Å². The normalized spacial score (nSPS) is 32.4. The van der Waals surface area contributed by atoms with Crippen LogP contribution in [0.5, 0.6) is 0 Å². The highest BCUT2D eigenvalue weighted by molar-refractivity contribution is 5.68. The lowest BCUT2D eigenvalue weighted by atomic mass is 10.0. The van der Waals surface area contributed by atoms with Crippen molar-refractivity contribution in [3.63, 3.8) is 0 Å². The Labute approximate surface area is 101 Å². The third-order valence-corrected chi connectivity index (χ3v) is 3.53. The quantitative estimate of drug-likeness (QED) is 0.661. The van der Waals surface area contributed by atoms with Gasteiger partial charge < -0.3 is 9.64 Å². The largest absolute Gasteiger partial charge is 0.444 e. The van der Waals surface area contributed by atoms with Crippen molar-refractivity contribution < 1.29 is 9.53 Å². The summed E-state index contributed by atoms with van der Waals surface area (Å²) in [7, 11) is 0. The van der Waals surface area contributed by atoms with Gasteiger partial charge in [-0.2, -0.15) is 4.91 Å². The Morgan fingerprint density at radius 1 is 1.24 bits per heavy atom. The molecule has 1 saturated heterocycles. The lowest BCUT2D eigenvalue weighted by Crippen LogP contribution is -2.36. The number of likely N-dealkylation sites (tertiary alicyclic amines) is 1. The molecule has 17 heavy (non-hydrogen) atoms. The van der Waals surface area contributed by atoms with Gasteiger partial charge in [-0.1, -0.05) is 5.18 Å². The van der Waals surface area contributed by atoms with E-state index in [4.69, 9.17) is 4.74 Å². The summed E-state index contributed by atoms with van der Waals surface area (Å²) in [5.74, 6) is 0.871. The number of hydrogen-bond acceptors (Lipinski definition) is 4. The molecule has 0 aromatic rings. The molecule has 0 spiro atoms. The SMILES string of the molecule is CC(C)(C)OC(=O)N1C[C@H]2CC(N=O)C[C@H]2C1. The van der Waals surface area contributed by atoms with Gasteiger partial charge in [-0.3, -0.25) is 0 Å². The molecule has 1 heterocycles. The minimum Gasteiger partial charge on any atom is -0.444 e. The predicted molar refractivity (Wildman–Crippen MR) is 63.6 cm³/mol. The molecule has 96 valence electrons. The summed E-state index contributed by atoms with van der Waals surface area (Å²) in [6, 6.07) is -0.0363. The lowest BCUT2D eigenvalue weighted by molar-refractivity contribution is 0.0279. The third-order valence-electron chi connectivity index (χ3n) is 3.53. The van der Waals surface area contributed by atoms with Crippen molar-refractivity contribution in [2.75, 3.05) is 13.1 Å². The Balaban J connectivity index is 1.88. The summed E-state index contributed by atoms with van der Waals surface area (Å²) in [4.78, 5) is 24.1. The highest BCUT2D eigenvalue weighted by Gasteiger charge is 2.43. The van der Waals surface area contributed by atoms with E-state index in [9.17, 15) is 9.70 Å². The maximum Gasteiger partial charge on any atom is 0.410 e. The maximum atomic E-state index is 11.9. The van der Waals surface area contributed by atoms with Crippen molar-refractivity contribution >= 4 is 6.09 Å². The summed E-state index contributed by atoms with van der Waals surface area (Å²) in [6.07, 6.45) is 1.42. The number of carbonyl (C=O) groups excluding carboxylic acids is 1. The van der Waals surface area contributed by atoms with E-state index < -0.39 is 5.60 Å². The number of carbonyl (C=O) groups is 1. The first-order chi connectivity index (χ1) is 7.89. The van der Waals surface area contributed by atoms with E-state index in [2.05, 4.69) is 5.18 Å². The Morgan fingerprint density at radius 2 is 1.76 bits per heavy atom. The molecule has 0 N–H and O–H groups in total. The lowest BCUT2D eigenvalue weighted by Gasteiger charge is -2.25. The van der Waals surface area contributed by atoms with Crippen LogP contribution in [-0.4, -0.2) is 35.7 Å². The van der Waals surface area contributed by atoms with Crippen LogP contribution in [-0.2, 0) is 4.74 Å². The fraction of sp³-hybridized carbons (Fsp3) is 0.917. The van der Waals surface area contributed by atoms with Gasteiger partial charge in [-0.05, 0) is 45.4 Å². The van der Waals surface area contributed by atoms with E-state index in [1.165, 1.54) is 0 Å². The monoisotopic (exact) mass is 240 g/mol. The average molecular weight is 240 g/mol. The van der Waals surface area contributed by atoms with Crippen LogP contribution in [0.1, 0.15) is 33.6 Å². The summed E-state index contributed by atoms with van der Waals surface area (Å²) in [5, 5.41) is 3.11. The number of amides is 1. The van der Waals surface area contributed by atoms with Gasteiger partial charge >= 0.3 is 6.09 Å². The summed E-state index contributed by atoms with van der Waals surface area (Å²) in [5.41, 5.74) is -0.443. The van der Waals surface area contributed by atoms with E-state index in [1.54, 1.807) is 4.90 Å². The van der Waals surface area contributed by atoms with E-state index in [1.807, 2.05) is 20.8 Å². The molecule has 1 saturated carbocycles. The number of hydrogen-bond donors (Lipinski definition) is 0. The average Bonchev–Trinajstić information content (AvgIpc) is 2.70. The van der Waals surface area contributed by atoms with Crippen molar-refractivity contribution in [2.24, 2.45) is 17.0 Å². The second-order valence-corrected chi connectivity index (χ2v) is 6.14. The molecule has 5 nitrogen and oxygen atoms in total. The van der Waals surface area contributed by atoms with Gasteiger partial charge in [0.1, 0.15) is 5.60 Å². The van der Waals surface area contributed by atoms with Crippen LogP contribution in [0.15, 0.2) is 5.18 Å². The first-order valence-electron chi connectivity index (χ1n) is 6.19. The first-order valence-corrected chi connectivity index (χ1v) is 6.19. The highest BCUT2D eigenvalue weighted by atomic mass is 16.6. The molecule has 1 aliphatic heterocycles. The fourth-order valence-electron chi connectivity index (χ4n) is 2.83. The molecule has 0 aromatic heterocycles. The molecule has 2 fully saturated rings. The zero-order valence-electron chi connectivity index (χ0n) is 10.7. The number of nitrogens with zero attached hydrogens (tertiary/aromatic N) is 2. The van der Waals surface area contributed by atoms with Crippen LogP contribution < -0.4 is 0 Å². The van der Waals surface area contributed by atoms with Crippen LogP contribution >= 0.6 is 0 Å². The molecule has 1 amide bonds. The number of fused-ring (bicyclic) bond motifs is 1. The molecule has 1 unspecified atom stereocenters. The Morgan fingerprint density at radius 3 is 2.18 bits per heavy atom. The van der Waals surface area contributed by atoms with Gasteiger partial charge in [0.25, 0.3) is 0 Å². The van der Waals surface area contributed by atoms with Crippen molar-refractivity contribution in [3.05, 3.63) is 4.91 Å². The smallest absolute Gasteiger partial charge is 0.410 e. The molecule has 3 atom stereocenters. The molecule has 1 aliphatic carbocycles. The van der Waals surface area contributed by atoms with Gasteiger partial charge in [-0.15, -0.1) is 0 Å². The van der Waals surface area contributed by atoms with E-state index >= 15 is 0 Å². The number of ether oxygens (including phenoxy) is 1. The molecule has 5 heteroatoms.